The molecular weight excluding hydrogens is 311 g/mol. The van der Waals surface area contributed by atoms with Crippen LogP contribution >= 0.6 is 0 Å². The number of alkyl halides is 3. The number of carboxylic acid groups (broad SMARTS) is 1. The molecule has 0 aliphatic rings. The Morgan fingerprint density at radius 1 is 1.22 bits per heavy atom. The summed E-state index contributed by atoms with van der Waals surface area (Å²) in [5.41, 5.74) is -2.18. The molecule has 0 radical (unpaired) electrons. The quantitative estimate of drug-likeness (QED) is 0.898. The van der Waals surface area contributed by atoms with E-state index in [0.717, 1.165) is 11.0 Å². The van der Waals surface area contributed by atoms with E-state index < -0.39 is 35.1 Å². The van der Waals surface area contributed by atoms with E-state index in [4.69, 9.17) is 5.11 Å². The highest BCUT2D eigenvalue weighted by molar-refractivity contribution is 5.86. The first-order valence-electron chi connectivity index (χ1n) is 7.05. The predicted octanol–water partition coefficient (Wildman–Crippen LogP) is 3.52. The highest BCUT2D eigenvalue weighted by Gasteiger charge is 2.37. The summed E-state index contributed by atoms with van der Waals surface area (Å²) in [5, 5.41) is 9.12. The zero-order valence-electron chi connectivity index (χ0n) is 13.4. The number of carbonyl (C=O) groups is 2. The average Bonchev–Trinajstić information content (AvgIpc) is 2.45. The third kappa shape index (κ3) is 4.24. The van der Waals surface area contributed by atoms with Gasteiger partial charge in [0, 0.05) is 13.5 Å². The minimum absolute atomic E-state index is 0.0230. The van der Waals surface area contributed by atoms with Crippen molar-refractivity contribution in [1.82, 2.24) is 4.90 Å². The fraction of sp³-hybridized carbons (Fsp3) is 0.500. The standard InChI is InChI=1S/C16H20F3NO3/c1-10(9-13(21)20(4)15(2,3)14(22)23)11-7-5-6-8-12(11)16(17,18)19/h5-8,10H,9H2,1-4H3,(H,22,23). The minimum atomic E-state index is -4.50. The van der Waals surface area contributed by atoms with Gasteiger partial charge in [-0.05, 0) is 31.4 Å². The van der Waals surface area contributed by atoms with E-state index in [1.165, 1.54) is 46.0 Å². The van der Waals surface area contributed by atoms with Crippen molar-refractivity contribution < 1.29 is 27.9 Å². The second-order valence-electron chi connectivity index (χ2n) is 6.01. The largest absolute Gasteiger partial charge is 0.480 e. The normalized spacial score (nSPS) is 13.5. The summed E-state index contributed by atoms with van der Waals surface area (Å²) < 4.78 is 39.1. The summed E-state index contributed by atoms with van der Waals surface area (Å²) in [6, 6.07) is 5.08. The Labute approximate surface area is 132 Å². The Bertz CT molecular complexity index is 596. The summed E-state index contributed by atoms with van der Waals surface area (Å²) in [6.07, 6.45) is -4.71. The summed E-state index contributed by atoms with van der Waals surface area (Å²) in [6.45, 7) is 4.24. The van der Waals surface area contributed by atoms with Crippen LogP contribution in [0.1, 0.15) is 44.2 Å². The van der Waals surface area contributed by atoms with E-state index in [9.17, 15) is 22.8 Å². The van der Waals surface area contributed by atoms with E-state index in [2.05, 4.69) is 0 Å². The van der Waals surface area contributed by atoms with Gasteiger partial charge in [0.25, 0.3) is 0 Å². The van der Waals surface area contributed by atoms with Crippen LogP contribution in [0.15, 0.2) is 24.3 Å². The molecule has 23 heavy (non-hydrogen) atoms. The fourth-order valence-electron chi connectivity index (χ4n) is 2.15. The zero-order valence-corrected chi connectivity index (χ0v) is 13.4. The molecule has 0 aromatic heterocycles. The van der Waals surface area contributed by atoms with Crippen LogP contribution in [0.3, 0.4) is 0 Å². The number of hydrogen-bond donors (Lipinski definition) is 1. The Morgan fingerprint density at radius 2 is 1.74 bits per heavy atom. The van der Waals surface area contributed by atoms with E-state index in [-0.39, 0.29) is 12.0 Å². The molecule has 0 spiro atoms. The number of carbonyl (C=O) groups excluding carboxylic acids is 1. The zero-order chi connectivity index (χ0) is 18.0. The van der Waals surface area contributed by atoms with Crippen LogP contribution < -0.4 is 0 Å². The van der Waals surface area contributed by atoms with Crippen molar-refractivity contribution in [2.24, 2.45) is 0 Å². The first kappa shape index (κ1) is 19.0. The topological polar surface area (TPSA) is 57.6 Å². The molecule has 0 bridgehead atoms. The lowest BCUT2D eigenvalue weighted by atomic mass is 9.91. The van der Waals surface area contributed by atoms with Gasteiger partial charge < -0.3 is 10.0 Å². The molecule has 0 aliphatic carbocycles. The van der Waals surface area contributed by atoms with Crippen LogP contribution in [0.2, 0.25) is 0 Å². The van der Waals surface area contributed by atoms with Crippen LogP contribution in [-0.2, 0) is 15.8 Å². The van der Waals surface area contributed by atoms with Gasteiger partial charge in [0.15, 0.2) is 0 Å². The van der Waals surface area contributed by atoms with Gasteiger partial charge in [-0.2, -0.15) is 13.2 Å². The number of nitrogens with zero attached hydrogens (tertiary/aromatic N) is 1. The van der Waals surface area contributed by atoms with Gasteiger partial charge in [-0.25, -0.2) is 4.79 Å². The molecule has 4 nitrogen and oxygen atoms in total. The first-order valence-corrected chi connectivity index (χ1v) is 7.05. The lowest BCUT2D eigenvalue weighted by Crippen LogP contribution is -2.51. The summed E-state index contributed by atoms with van der Waals surface area (Å²) in [4.78, 5) is 24.4. The molecule has 1 aromatic rings. The van der Waals surface area contributed by atoms with Crippen molar-refractivity contribution in [3.05, 3.63) is 35.4 Å². The molecule has 1 rings (SSSR count). The highest BCUT2D eigenvalue weighted by Crippen LogP contribution is 2.36. The number of rotatable bonds is 5. The Morgan fingerprint density at radius 3 is 2.22 bits per heavy atom. The lowest BCUT2D eigenvalue weighted by molar-refractivity contribution is -0.155. The number of benzene rings is 1. The Hall–Kier alpha value is -2.05. The smallest absolute Gasteiger partial charge is 0.416 e. The monoisotopic (exact) mass is 331 g/mol. The maximum Gasteiger partial charge on any atom is 0.416 e. The van der Waals surface area contributed by atoms with Crippen molar-refractivity contribution in [2.45, 2.75) is 44.8 Å². The highest BCUT2D eigenvalue weighted by atomic mass is 19.4. The molecule has 1 amide bonds. The molecule has 128 valence electrons. The molecule has 1 atom stereocenters. The van der Waals surface area contributed by atoms with E-state index in [0.29, 0.717) is 0 Å². The van der Waals surface area contributed by atoms with E-state index >= 15 is 0 Å². The van der Waals surface area contributed by atoms with Gasteiger partial charge >= 0.3 is 12.1 Å². The minimum Gasteiger partial charge on any atom is -0.480 e. The molecular formula is C16H20F3NO3. The molecule has 7 heteroatoms. The van der Waals surface area contributed by atoms with Gasteiger partial charge in [-0.1, -0.05) is 25.1 Å². The third-order valence-corrected chi connectivity index (χ3v) is 4.01. The van der Waals surface area contributed by atoms with Crippen molar-refractivity contribution in [3.63, 3.8) is 0 Å². The van der Waals surface area contributed by atoms with Crippen LogP contribution in [-0.4, -0.2) is 34.5 Å². The van der Waals surface area contributed by atoms with Gasteiger partial charge in [-0.3, -0.25) is 4.79 Å². The molecule has 0 aliphatic heterocycles. The first-order chi connectivity index (χ1) is 10.4. The summed E-state index contributed by atoms with van der Waals surface area (Å²) in [7, 11) is 1.33. The molecule has 0 fully saturated rings. The fourth-order valence-corrected chi connectivity index (χ4v) is 2.15. The number of hydrogen-bond acceptors (Lipinski definition) is 2. The van der Waals surface area contributed by atoms with Crippen molar-refractivity contribution in [3.8, 4) is 0 Å². The molecule has 0 saturated carbocycles. The SMILES string of the molecule is CC(CC(=O)N(C)C(C)(C)C(=O)O)c1ccccc1C(F)(F)F. The van der Waals surface area contributed by atoms with Gasteiger partial charge in [0.05, 0.1) is 5.56 Å². The van der Waals surface area contributed by atoms with Crippen LogP contribution in [0.25, 0.3) is 0 Å². The average molecular weight is 331 g/mol. The molecule has 1 N–H and O–H groups in total. The van der Waals surface area contributed by atoms with Crippen molar-refractivity contribution in [2.75, 3.05) is 7.05 Å². The number of likely N-dealkylation sites (N-methyl/N-ethyl adjacent to an activating group) is 1. The number of halogens is 3. The predicted molar refractivity (Wildman–Crippen MR) is 79.0 cm³/mol. The molecule has 1 unspecified atom stereocenters. The number of carboxylic acids is 1. The Kier molecular flexibility index (Phi) is 5.45. The summed E-state index contributed by atoms with van der Waals surface area (Å²) in [5.74, 6) is -2.40. The molecule has 1 aromatic carbocycles. The number of amides is 1. The van der Waals surface area contributed by atoms with E-state index in [1.807, 2.05) is 0 Å². The van der Waals surface area contributed by atoms with Gasteiger partial charge in [0.2, 0.25) is 5.91 Å². The van der Waals surface area contributed by atoms with Crippen LogP contribution in [0.4, 0.5) is 13.2 Å². The van der Waals surface area contributed by atoms with Crippen molar-refractivity contribution >= 4 is 11.9 Å². The third-order valence-electron chi connectivity index (χ3n) is 4.01. The van der Waals surface area contributed by atoms with Gasteiger partial charge in [0.1, 0.15) is 5.54 Å². The summed E-state index contributed by atoms with van der Waals surface area (Å²) >= 11 is 0. The van der Waals surface area contributed by atoms with Crippen molar-refractivity contribution in [1.29, 1.82) is 0 Å². The van der Waals surface area contributed by atoms with E-state index in [1.54, 1.807) is 0 Å². The Balaban J connectivity index is 2.99. The maximum absolute atomic E-state index is 13.0. The maximum atomic E-state index is 13.0. The number of aliphatic carboxylic acids is 1. The molecule has 0 heterocycles. The second kappa shape index (κ2) is 6.60. The molecule has 0 saturated heterocycles. The lowest BCUT2D eigenvalue weighted by Gasteiger charge is -2.32. The van der Waals surface area contributed by atoms with Crippen LogP contribution in [0.5, 0.6) is 0 Å². The second-order valence-corrected chi connectivity index (χ2v) is 6.01. The van der Waals surface area contributed by atoms with Crippen LogP contribution in [0, 0.1) is 0 Å². The van der Waals surface area contributed by atoms with Gasteiger partial charge in [-0.15, -0.1) is 0 Å².